The second-order valence-corrected chi connectivity index (χ2v) is 14.4. The average molecular weight is 723 g/mol. The molecule has 292 valence electrons. The summed E-state index contributed by atoms with van der Waals surface area (Å²) in [6.45, 7) is 30.8. The Hall–Kier alpha value is -4.16. The molecule has 6 nitrogen and oxygen atoms in total. The van der Waals surface area contributed by atoms with Crippen molar-refractivity contribution in [1.29, 1.82) is 0 Å². The fourth-order valence-corrected chi connectivity index (χ4v) is 6.83. The van der Waals surface area contributed by atoms with Crippen LogP contribution in [0.3, 0.4) is 0 Å². The van der Waals surface area contributed by atoms with E-state index in [1.807, 2.05) is 13.1 Å². The molecule has 0 aromatic heterocycles. The molecule has 6 heteroatoms. The van der Waals surface area contributed by atoms with E-state index in [9.17, 15) is 0 Å². The summed E-state index contributed by atoms with van der Waals surface area (Å²) in [5.41, 5.74) is 13.8. The molecule has 2 aromatic carbocycles. The van der Waals surface area contributed by atoms with Gasteiger partial charge in [-0.15, -0.1) is 0 Å². The topological polar surface area (TPSA) is 54.6 Å². The molecule has 4 rings (SSSR count). The highest BCUT2D eigenvalue weighted by atomic mass is 15.3. The molecule has 0 saturated carbocycles. The first-order valence-corrected chi connectivity index (χ1v) is 20.2. The van der Waals surface area contributed by atoms with Gasteiger partial charge in [0.25, 0.3) is 0 Å². The molecular formula is C47H74N6. The molecule has 0 amide bonds. The van der Waals surface area contributed by atoms with E-state index in [1.54, 1.807) is 6.20 Å². The Balaban J connectivity index is 0.000000472. The smallest absolute Gasteiger partial charge is 0.117 e. The maximum Gasteiger partial charge on any atom is 0.117 e. The van der Waals surface area contributed by atoms with Gasteiger partial charge in [0.1, 0.15) is 6.17 Å². The van der Waals surface area contributed by atoms with Gasteiger partial charge in [-0.3, -0.25) is 4.90 Å². The molecule has 4 N–H and O–H groups in total. The lowest BCUT2D eigenvalue weighted by Gasteiger charge is -2.21. The Kier molecular flexibility index (Phi) is 20.6. The number of hydrogen-bond donors (Lipinski definition) is 4. The predicted molar refractivity (Wildman–Crippen MR) is 236 cm³/mol. The fourth-order valence-electron chi connectivity index (χ4n) is 6.83. The van der Waals surface area contributed by atoms with E-state index in [0.29, 0.717) is 6.17 Å². The Morgan fingerprint density at radius 1 is 0.943 bits per heavy atom. The monoisotopic (exact) mass is 723 g/mol. The summed E-state index contributed by atoms with van der Waals surface area (Å²) in [6.07, 6.45) is 19.0. The number of anilines is 2. The van der Waals surface area contributed by atoms with Gasteiger partial charge in [-0.2, -0.15) is 0 Å². The van der Waals surface area contributed by atoms with Crippen LogP contribution in [0.4, 0.5) is 11.4 Å². The molecule has 2 aliphatic heterocycles. The van der Waals surface area contributed by atoms with Crippen LogP contribution in [-0.2, 0) is 0 Å². The van der Waals surface area contributed by atoms with Crippen molar-refractivity contribution in [2.75, 3.05) is 44.4 Å². The number of nitrogens with one attached hydrogen (secondary N) is 4. The molecule has 2 unspecified atom stereocenters. The van der Waals surface area contributed by atoms with Gasteiger partial charge in [0, 0.05) is 61.9 Å². The zero-order chi connectivity index (χ0) is 39.3. The van der Waals surface area contributed by atoms with Gasteiger partial charge in [-0.25, -0.2) is 0 Å². The maximum atomic E-state index is 3.83. The van der Waals surface area contributed by atoms with Crippen molar-refractivity contribution in [1.82, 2.24) is 20.4 Å². The molecule has 0 spiro atoms. The third-order valence-electron chi connectivity index (χ3n) is 10.1. The molecular weight excluding hydrogens is 649 g/mol. The number of likely N-dealkylation sites (N-methyl/N-ethyl adjacent to an activating group) is 1. The number of rotatable bonds is 16. The quantitative estimate of drug-likeness (QED) is 0.102. The standard InChI is InChI=1S/C32H44N4.C11H20N2.C4H10/c1-8-12-30(24(4)19-27(20-34-9-2)22-36-18-17-23(3)21-36)35-32-16-11-14-29(26(32)6)28-13-10-15-31(33-7)25(28)5;1-5-8-10-9(6-2)12-11(7-3)13(10)4;1-3-4-2/h9-16,19-20,23,33-35H,2,8,17-18,21-22H2,1,3-7H3;7,11-12H,3,5-6,8H2,1-2,4H3;3-4H2,1-2H3/b24-19+,27-20+,30-12?;;. The van der Waals surface area contributed by atoms with E-state index in [1.165, 1.54) is 70.5 Å². The minimum Gasteiger partial charge on any atom is -0.388 e. The first-order chi connectivity index (χ1) is 25.5. The van der Waals surface area contributed by atoms with Crippen molar-refractivity contribution in [2.45, 2.75) is 113 Å². The number of allylic oxidation sites excluding steroid dienone is 4. The van der Waals surface area contributed by atoms with Crippen LogP contribution in [0, 0.1) is 19.8 Å². The lowest BCUT2D eigenvalue weighted by atomic mass is 9.94. The molecule has 2 aromatic rings. The van der Waals surface area contributed by atoms with Crippen molar-refractivity contribution >= 4 is 11.4 Å². The largest absolute Gasteiger partial charge is 0.388 e. The first-order valence-electron chi connectivity index (χ1n) is 20.2. The summed E-state index contributed by atoms with van der Waals surface area (Å²) < 4.78 is 0. The van der Waals surface area contributed by atoms with E-state index < -0.39 is 0 Å². The molecule has 0 bridgehead atoms. The Bertz CT molecular complexity index is 1560. The second kappa shape index (κ2) is 24.2. The van der Waals surface area contributed by atoms with Gasteiger partial charge < -0.3 is 26.2 Å². The van der Waals surface area contributed by atoms with Crippen molar-refractivity contribution in [3.63, 3.8) is 0 Å². The molecule has 1 saturated heterocycles. The van der Waals surface area contributed by atoms with Crippen molar-refractivity contribution in [2.24, 2.45) is 5.92 Å². The SMILES string of the molecule is C=CC1NC(CC)=C(CCC)N1C.C=CN/C=C(\C=C(/C)C(=CCC)Nc1cccc(-c2cccc(NC)c2C)c1C)CN1CCC(C)C1.CCCC. The third-order valence-corrected chi connectivity index (χ3v) is 10.1. The number of hydrogen-bond acceptors (Lipinski definition) is 6. The zero-order valence-electron chi connectivity index (χ0n) is 35.4. The van der Waals surface area contributed by atoms with E-state index in [-0.39, 0.29) is 0 Å². The number of unbranched alkanes of at least 4 members (excludes halogenated alkanes) is 1. The summed E-state index contributed by atoms with van der Waals surface area (Å²) >= 11 is 0. The van der Waals surface area contributed by atoms with Gasteiger partial charge >= 0.3 is 0 Å². The van der Waals surface area contributed by atoms with Crippen LogP contribution in [0.15, 0.2) is 108 Å². The minimum absolute atomic E-state index is 0.302. The minimum atomic E-state index is 0.302. The average Bonchev–Trinajstić information content (AvgIpc) is 3.72. The van der Waals surface area contributed by atoms with Crippen LogP contribution in [0.1, 0.15) is 105 Å². The summed E-state index contributed by atoms with van der Waals surface area (Å²) in [5.74, 6) is 0.772. The van der Waals surface area contributed by atoms with Gasteiger partial charge in [-0.05, 0) is 117 Å². The van der Waals surface area contributed by atoms with Crippen LogP contribution in [0.2, 0.25) is 0 Å². The molecule has 2 heterocycles. The molecule has 53 heavy (non-hydrogen) atoms. The number of likely N-dealkylation sites (tertiary alicyclic amines) is 1. The van der Waals surface area contributed by atoms with Gasteiger partial charge in [-0.1, -0.05) is 110 Å². The lowest BCUT2D eigenvalue weighted by Crippen LogP contribution is -2.32. The molecule has 0 aliphatic carbocycles. The van der Waals surface area contributed by atoms with Crippen molar-refractivity contribution < 1.29 is 0 Å². The normalized spacial score (nSPS) is 17.7. The Morgan fingerprint density at radius 2 is 1.58 bits per heavy atom. The van der Waals surface area contributed by atoms with Crippen LogP contribution in [0.5, 0.6) is 0 Å². The van der Waals surface area contributed by atoms with E-state index in [0.717, 1.165) is 61.9 Å². The lowest BCUT2D eigenvalue weighted by molar-refractivity contribution is 0.353. The van der Waals surface area contributed by atoms with Crippen LogP contribution < -0.4 is 21.3 Å². The summed E-state index contributed by atoms with van der Waals surface area (Å²) in [7, 11) is 4.11. The van der Waals surface area contributed by atoms with Crippen LogP contribution in [0.25, 0.3) is 11.1 Å². The fraction of sp³-hybridized carbons (Fsp3) is 0.489. The highest BCUT2D eigenvalue weighted by Gasteiger charge is 2.24. The van der Waals surface area contributed by atoms with Crippen LogP contribution >= 0.6 is 0 Å². The van der Waals surface area contributed by atoms with Crippen molar-refractivity contribution in [3.8, 4) is 11.1 Å². The van der Waals surface area contributed by atoms with Gasteiger partial charge in [0.15, 0.2) is 0 Å². The first kappa shape index (κ1) is 45.0. The highest BCUT2D eigenvalue weighted by Crippen LogP contribution is 2.34. The summed E-state index contributed by atoms with van der Waals surface area (Å²) in [5, 5.41) is 13.7. The number of nitrogens with zero attached hydrogens (tertiary/aromatic N) is 2. The van der Waals surface area contributed by atoms with E-state index >= 15 is 0 Å². The zero-order valence-corrected chi connectivity index (χ0v) is 35.4. The number of benzene rings is 2. The second-order valence-electron chi connectivity index (χ2n) is 14.4. The molecule has 2 atom stereocenters. The molecule has 2 aliphatic rings. The summed E-state index contributed by atoms with van der Waals surface area (Å²) in [4.78, 5) is 4.83. The highest BCUT2D eigenvalue weighted by molar-refractivity contribution is 5.80. The van der Waals surface area contributed by atoms with Gasteiger partial charge in [0.2, 0.25) is 0 Å². The third kappa shape index (κ3) is 13.6. The van der Waals surface area contributed by atoms with E-state index in [4.69, 9.17) is 0 Å². The molecule has 0 radical (unpaired) electrons. The van der Waals surface area contributed by atoms with Crippen LogP contribution in [-0.4, -0.2) is 49.7 Å². The van der Waals surface area contributed by atoms with Gasteiger partial charge in [0.05, 0.1) is 0 Å². The Morgan fingerprint density at radius 3 is 2.09 bits per heavy atom. The maximum absolute atomic E-state index is 3.83. The van der Waals surface area contributed by atoms with E-state index in [2.05, 4.69) is 168 Å². The van der Waals surface area contributed by atoms with Crippen molar-refractivity contribution in [3.05, 3.63) is 120 Å². The summed E-state index contributed by atoms with van der Waals surface area (Å²) in [6, 6.07) is 13.0. The molecule has 1 fully saturated rings. The Labute approximate surface area is 325 Å². The predicted octanol–water partition coefficient (Wildman–Crippen LogP) is 11.9.